The van der Waals surface area contributed by atoms with Crippen LogP contribution in [0.15, 0.2) is 57.7 Å². The van der Waals surface area contributed by atoms with Crippen molar-refractivity contribution in [3.05, 3.63) is 85.8 Å². The van der Waals surface area contributed by atoms with Crippen LogP contribution in [0.3, 0.4) is 0 Å². The molecule has 2 heterocycles. The number of benzene rings is 2. The summed E-state index contributed by atoms with van der Waals surface area (Å²) in [6.45, 7) is 6.83. The van der Waals surface area contributed by atoms with Gasteiger partial charge in [-0.3, -0.25) is 19.7 Å². The predicted octanol–water partition coefficient (Wildman–Crippen LogP) is 3.59. The third kappa shape index (κ3) is 3.59. The number of hydrogen-bond donors (Lipinski definition) is 0. The summed E-state index contributed by atoms with van der Waals surface area (Å²) >= 11 is 0. The molecule has 31 heavy (non-hydrogen) atoms. The van der Waals surface area contributed by atoms with Gasteiger partial charge in [-0.15, -0.1) is 0 Å². The smallest absolute Gasteiger partial charge is 0.290 e. The molecule has 8 heteroatoms. The van der Waals surface area contributed by atoms with Crippen LogP contribution in [0.1, 0.15) is 41.6 Å². The topological polar surface area (TPSA) is 96.9 Å². The largest absolute Gasteiger partial charge is 0.450 e. The number of hydrogen-bond acceptors (Lipinski definition) is 6. The van der Waals surface area contributed by atoms with Gasteiger partial charge in [-0.25, -0.2) is 0 Å². The molecule has 8 nitrogen and oxygen atoms in total. The van der Waals surface area contributed by atoms with E-state index in [2.05, 4.69) is 18.7 Å². The van der Waals surface area contributed by atoms with Gasteiger partial charge in [0, 0.05) is 25.2 Å². The lowest BCUT2D eigenvalue weighted by Crippen LogP contribution is -2.37. The van der Waals surface area contributed by atoms with Crippen molar-refractivity contribution >= 4 is 22.6 Å². The highest BCUT2D eigenvalue weighted by molar-refractivity contribution is 5.99. The lowest BCUT2D eigenvalue weighted by atomic mass is 9.98. The standard InChI is InChI=1S/C23H23N3O5/c1-3-24(4-2)13-14-25-20(15-9-11-16(12-10-15)26(29)30)19-21(27)17-7-5-6-8-18(17)31-22(19)23(25)28/h5-12,20H,3-4,13-14H2,1-2H3/t20-/m0/s1. The number of nitrogens with zero attached hydrogens (tertiary/aromatic N) is 3. The van der Waals surface area contributed by atoms with Crippen LogP contribution in [0.4, 0.5) is 5.69 Å². The van der Waals surface area contributed by atoms with Crippen molar-refractivity contribution < 1.29 is 14.1 Å². The van der Waals surface area contributed by atoms with Gasteiger partial charge in [-0.2, -0.15) is 0 Å². The van der Waals surface area contributed by atoms with Gasteiger partial charge in [0.05, 0.1) is 21.9 Å². The number of para-hydroxylation sites is 1. The Bertz CT molecular complexity index is 1200. The lowest BCUT2D eigenvalue weighted by Gasteiger charge is -2.28. The average Bonchev–Trinajstić information content (AvgIpc) is 3.06. The SMILES string of the molecule is CCN(CC)CCN1C(=O)c2oc3ccccc3c(=O)c2[C@@H]1c1ccc([N+](=O)[O-])cc1. The highest BCUT2D eigenvalue weighted by atomic mass is 16.6. The molecular weight excluding hydrogens is 398 g/mol. The molecule has 0 saturated heterocycles. The van der Waals surface area contributed by atoms with Gasteiger partial charge in [-0.1, -0.05) is 26.0 Å². The number of likely N-dealkylation sites (N-methyl/N-ethyl adjacent to an activating group) is 1. The number of non-ortho nitro benzene ring substituents is 1. The number of nitro groups is 1. The van der Waals surface area contributed by atoms with E-state index in [4.69, 9.17) is 4.42 Å². The third-order valence-corrected chi connectivity index (χ3v) is 5.84. The van der Waals surface area contributed by atoms with Gasteiger partial charge in [0.15, 0.2) is 5.43 Å². The Balaban J connectivity index is 1.85. The zero-order chi connectivity index (χ0) is 22.1. The van der Waals surface area contributed by atoms with Crippen molar-refractivity contribution in [3.8, 4) is 0 Å². The fourth-order valence-corrected chi connectivity index (χ4v) is 4.11. The van der Waals surface area contributed by atoms with E-state index in [0.717, 1.165) is 13.1 Å². The molecule has 0 aliphatic carbocycles. The first-order valence-electron chi connectivity index (χ1n) is 10.3. The quantitative estimate of drug-likeness (QED) is 0.427. The summed E-state index contributed by atoms with van der Waals surface area (Å²) in [5.41, 5.74) is 0.997. The van der Waals surface area contributed by atoms with Crippen LogP contribution in [0, 0.1) is 10.1 Å². The Morgan fingerprint density at radius 3 is 2.39 bits per heavy atom. The summed E-state index contributed by atoms with van der Waals surface area (Å²) in [4.78, 5) is 41.1. The number of rotatable bonds is 7. The maximum atomic E-state index is 13.4. The summed E-state index contributed by atoms with van der Waals surface area (Å²) in [5.74, 6) is -0.292. The molecule has 0 radical (unpaired) electrons. The normalized spacial score (nSPS) is 15.6. The van der Waals surface area contributed by atoms with Crippen molar-refractivity contribution in [1.82, 2.24) is 9.80 Å². The third-order valence-electron chi connectivity index (χ3n) is 5.84. The van der Waals surface area contributed by atoms with Crippen molar-refractivity contribution in [1.29, 1.82) is 0 Å². The second-order valence-corrected chi connectivity index (χ2v) is 7.45. The molecule has 1 aliphatic heterocycles. The van der Waals surface area contributed by atoms with Crippen molar-refractivity contribution in [2.75, 3.05) is 26.2 Å². The first-order chi connectivity index (χ1) is 15.0. The van der Waals surface area contributed by atoms with Crippen molar-refractivity contribution in [2.24, 2.45) is 0 Å². The van der Waals surface area contributed by atoms with Crippen LogP contribution >= 0.6 is 0 Å². The maximum absolute atomic E-state index is 13.4. The maximum Gasteiger partial charge on any atom is 0.290 e. The molecule has 3 aromatic rings. The van der Waals surface area contributed by atoms with Gasteiger partial charge in [-0.05, 0) is 42.9 Å². The van der Waals surface area contributed by atoms with Crippen LogP contribution in [0.2, 0.25) is 0 Å². The van der Waals surface area contributed by atoms with Crippen LogP contribution < -0.4 is 5.43 Å². The summed E-state index contributed by atoms with van der Waals surface area (Å²) in [6.07, 6.45) is 0. The van der Waals surface area contributed by atoms with E-state index in [9.17, 15) is 19.7 Å². The molecule has 0 unspecified atom stereocenters. The molecule has 0 spiro atoms. The Hall–Kier alpha value is -3.52. The summed E-state index contributed by atoms with van der Waals surface area (Å²) in [5, 5.41) is 11.5. The van der Waals surface area contributed by atoms with Gasteiger partial charge in [0.2, 0.25) is 5.76 Å². The molecular formula is C23H23N3O5. The fraction of sp³-hybridized carbons (Fsp3) is 0.304. The molecule has 1 aromatic heterocycles. The van der Waals surface area contributed by atoms with E-state index in [1.54, 1.807) is 41.3 Å². The van der Waals surface area contributed by atoms with Crippen LogP contribution in [-0.4, -0.2) is 46.8 Å². The van der Waals surface area contributed by atoms with E-state index >= 15 is 0 Å². The Morgan fingerprint density at radius 1 is 1.06 bits per heavy atom. The molecule has 4 rings (SSSR count). The lowest BCUT2D eigenvalue weighted by molar-refractivity contribution is -0.384. The first-order valence-corrected chi connectivity index (χ1v) is 10.3. The molecule has 1 amide bonds. The summed E-state index contributed by atoms with van der Waals surface area (Å²) in [7, 11) is 0. The molecule has 0 saturated carbocycles. The molecule has 0 fully saturated rings. The molecule has 0 bridgehead atoms. The van der Waals surface area contributed by atoms with E-state index < -0.39 is 11.0 Å². The van der Waals surface area contributed by atoms with Crippen molar-refractivity contribution in [3.63, 3.8) is 0 Å². The minimum absolute atomic E-state index is 0.0477. The number of nitro benzene ring substituents is 1. The van der Waals surface area contributed by atoms with Crippen LogP contribution in [0.25, 0.3) is 11.0 Å². The summed E-state index contributed by atoms with van der Waals surface area (Å²) < 4.78 is 5.89. The molecule has 1 atom stereocenters. The minimum atomic E-state index is -0.653. The second kappa shape index (κ2) is 8.31. The molecule has 1 aliphatic rings. The van der Waals surface area contributed by atoms with E-state index in [0.29, 0.717) is 29.6 Å². The first kappa shape index (κ1) is 20.7. The zero-order valence-electron chi connectivity index (χ0n) is 17.4. The Kier molecular flexibility index (Phi) is 5.56. The van der Waals surface area contributed by atoms with Crippen LogP contribution in [0.5, 0.6) is 0 Å². The van der Waals surface area contributed by atoms with E-state index in [1.807, 2.05) is 0 Å². The number of fused-ring (bicyclic) bond motifs is 2. The van der Waals surface area contributed by atoms with Crippen LogP contribution in [-0.2, 0) is 0 Å². The van der Waals surface area contributed by atoms with Gasteiger partial charge in [0.25, 0.3) is 11.6 Å². The fourth-order valence-electron chi connectivity index (χ4n) is 4.11. The van der Waals surface area contributed by atoms with Gasteiger partial charge < -0.3 is 14.2 Å². The van der Waals surface area contributed by atoms with Gasteiger partial charge in [0.1, 0.15) is 5.58 Å². The highest BCUT2D eigenvalue weighted by Crippen LogP contribution is 2.38. The Labute approximate surface area is 178 Å². The average molecular weight is 421 g/mol. The molecule has 0 N–H and O–H groups in total. The monoisotopic (exact) mass is 421 g/mol. The van der Waals surface area contributed by atoms with Crippen molar-refractivity contribution in [2.45, 2.75) is 19.9 Å². The predicted molar refractivity (Wildman–Crippen MR) is 116 cm³/mol. The number of carbonyl (C=O) groups excluding carboxylic acids is 1. The summed E-state index contributed by atoms with van der Waals surface area (Å²) in [6, 6.07) is 12.2. The minimum Gasteiger partial charge on any atom is -0.450 e. The van der Waals surface area contributed by atoms with E-state index in [1.165, 1.54) is 12.1 Å². The zero-order valence-corrected chi connectivity index (χ0v) is 17.4. The molecule has 160 valence electrons. The second-order valence-electron chi connectivity index (χ2n) is 7.45. The van der Waals surface area contributed by atoms with Gasteiger partial charge >= 0.3 is 0 Å². The Morgan fingerprint density at radius 2 is 1.74 bits per heavy atom. The number of amides is 1. The number of carbonyl (C=O) groups is 1. The molecule has 2 aromatic carbocycles. The highest BCUT2D eigenvalue weighted by Gasteiger charge is 2.42. The van der Waals surface area contributed by atoms with E-state index in [-0.39, 0.29) is 28.3 Å².